The second-order valence-corrected chi connectivity index (χ2v) is 16.8. The Balaban J connectivity index is 3.48. The monoisotopic (exact) mass is 1040 g/mol. The van der Waals surface area contributed by atoms with Crippen molar-refractivity contribution in [2.45, 2.75) is 132 Å². The first kappa shape index (κ1) is 62.0. The fraction of sp³-hybridized carbons (Fsp3) is 0.692. The molecular weight excluding hydrogens is 969 g/mol. The minimum atomic E-state index is -1.77. The standard InChI is InChI=1S/C39H68N14O15S2/c1-18(55)29(36(65)51-25(17-70)38(67)68)52-33(62)21(7-4-12-45-39(43)44)46-32(61)22(9-10-28(57)58)48-31(60)20(6-2-3-11-40)47-34(63)23(14-27(42)56)49-35(64)26-8-5-13-53(26)37(66)24(15-54)50-30(59)19(41)16-69/h18-26,29,54-55,69-70H,2-17,40-41H2,1H3,(H2,42,56)(H,46,61)(H,47,63)(H,48,60)(H,49,64)(H,50,59)(H,51,65)(H,52,62)(H,57,58)(H,67,68)(H4,43,44,45)/t18-,19+,20+,21+,22+,23+,24+,25+,26+,29+/m1/s1. The highest BCUT2D eigenvalue weighted by Crippen LogP contribution is 2.19. The number of aliphatic carboxylic acids is 2. The van der Waals surface area contributed by atoms with E-state index in [9.17, 15) is 73.2 Å². The van der Waals surface area contributed by atoms with Gasteiger partial charge in [0.1, 0.15) is 48.3 Å². The van der Waals surface area contributed by atoms with E-state index in [0.717, 1.165) is 11.8 Å². The van der Waals surface area contributed by atoms with Crippen molar-refractivity contribution in [1.29, 1.82) is 0 Å². The van der Waals surface area contributed by atoms with Crippen molar-refractivity contribution in [3.8, 4) is 0 Å². The van der Waals surface area contributed by atoms with Crippen LogP contribution in [0.4, 0.5) is 0 Å². The summed E-state index contributed by atoms with van der Waals surface area (Å²) < 4.78 is 0. The molecule has 1 aliphatic rings. The van der Waals surface area contributed by atoms with Crippen LogP contribution in [-0.4, -0.2) is 195 Å². The summed E-state index contributed by atoms with van der Waals surface area (Å²) in [7, 11) is 0. The van der Waals surface area contributed by atoms with Crippen LogP contribution in [0.2, 0.25) is 0 Å². The zero-order valence-electron chi connectivity index (χ0n) is 38.5. The molecule has 10 atom stereocenters. The molecule has 29 nitrogen and oxygen atoms in total. The number of aliphatic hydroxyl groups excluding tert-OH is 2. The summed E-state index contributed by atoms with van der Waals surface area (Å²) in [6, 6.07) is -13.8. The molecule has 0 aliphatic carbocycles. The van der Waals surface area contributed by atoms with Gasteiger partial charge in [-0.3, -0.25) is 52.9 Å². The van der Waals surface area contributed by atoms with Crippen LogP contribution >= 0.6 is 25.3 Å². The topological polar surface area (TPSA) is 499 Å². The van der Waals surface area contributed by atoms with Gasteiger partial charge in [0.05, 0.1) is 25.2 Å². The summed E-state index contributed by atoms with van der Waals surface area (Å²) in [5, 5.41) is 55.3. The van der Waals surface area contributed by atoms with E-state index in [4.69, 9.17) is 28.7 Å². The van der Waals surface area contributed by atoms with Crippen LogP contribution in [0.1, 0.15) is 71.1 Å². The van der Waals surface area contributed by atoms with Crippen LogP contribution in [0.25, 0.3) is 0 Å². The average Bonchev–Trinajstić information content (AvgIpc) is 3.80. The number of hydrogen-bond donors (Lipinski definition) is 18. The quantitative estimate of drug-likeness (QED) is 0.0126. The summed E-state index contributed by atoms with van der Waals surface area (Å²) >= 11 is 7.81. The molecule has 1 heterocycles. The average molecular weight is 1040 g/mol. The molecule has 9 amide bonds. The molecule has 0 aromatic rings. The highest BCUT2D eigenvalue weighted by atomic mass is 32.1. The van der Waals surface area contributed by atoms with E-state index >= 15 is 0 Å². The van der Waals surface area contributed by atoms with Crippen molar-refractivity contribution in [1.82, 2.24) is 42.1 Å². The second kappa shape index (κ2) is 32.0. The van der Waals surface area contributed by atoms with Gasteiger partial charge >= 0.3 is 11.9 Å². The predicted octanol–water partition coefficient (Wildman–Crippen LogP) is -8.06. The highest BCUT2D eigenvalue weighted by Gasteiger charge is 2.40. The Labute approximate surface area is 413 Å². The van der Waals surface area contributed by atoms with Crippen LogP contribution in [-0.2, 0) is 52.7 Å². The first-order chi connectivity index (χ1) is 32.9. The Kier molecular flexibility index (Phi) is 28.3. The number of unbranched alkanes of at least 4 members (excludes halogenated alkanes) is 1. The lowest BCUT2D eigenvalue weighted by molar-refractivity contribution is -0.143. The number of carboxylic acid groups (broad SMARTS) is 2. The molecule has 0 bridgehead atoms. The first-order valence-corrected chi connectivity index (χ1v) is 23.4. The SMILES string of the molecule is C[C@@H](O)[C@H](NC(=O)[C@H](CCCN=C(N)N)NC(=O)[C@H](CCC(=O)O)NC(=O)[C@H](CCCCN)NC(=O)[C@H](CC(N)=O)NC(=O)[C@@H]1CCCN1C(=O)[C@H](CO)NC(=O)[C@@H](N)CS)C(=O)N[C@@H](CS)C(=O)O. The van der Waals surface area contributed by atoms with Crippen molar-refractivity contribution in [3.05, 3.63) is 0 Å². The number of thiol groups is 2. The maximum atomic E-state index is 14.0. The summed E-state index contributed by atoms with van der Waals surface area (Å²) in [5.41, 5.74) is 27.5. The number of nitrogens with two attached hydrogens (primary N) is 5. The fourth-order valence-electron chi connectivity index (χ4n) is 6.72. The maximum Gasteiger partial charge on any atom is 0.327 e. The Morgan fingerprint density at radius 2 is 1.21 bits per heavy atom. The van der Waals surface area contributed by atoms with E-state index in [0.29, 0.717) is 6.42 Å². The number of rotatable bonds is 33. The minimum absolute atomic E-state index is 0.00320. The molecule has 70 heavy (non-hydrogen) atoms. The predicted molar refractivity (Wildman–Crippen MR) is 254 cm³/mol. The minimum Gasteiger partial charge on any atom is -0.481 e. The largest absolute Gasteiger partial charge is 0.481 e. The summed E-state index contributed by atoms with van der Waals surface area (Å²) in [6.45, 7) is 0.336. The molecule has 396 valence electrons. The number of primary amides is 1. The molecule has 1 saturated heterocycles. The molecule has 1 aliphatic heterocycles. The van der Waals surface area contributed by atoms with E-state index in [1.807, 2.05) is 0 Å². The van der Waals surface area contributed by atoms with Crippen molar-refractivity contribution >= 4 is 96.3 Å². The van der Waals surface area contributed by atoms with Crippen LogP contribution < -0.4 is 65.9 Å². The lowest BCUT2D eigenvalue weighted by atomic mass is 10.0. The third-order valence-electron chi connectivity index (χ3n) is 10.5. The molecule has 1 rings (SSSR count). The maximum absolute atomic E-state index is 14.0. The smallest absolute Gasteiger partial charge is 0.327 e. The molecule has 0 unspecified atom stereocenters. The number of likely N-dealkylation sites (tertiary alicyclic amines) is 1. The van der Waals surface area contributed by atoms with Gasteiger partial charge in [-0.2, -0.15) is 25.3 Å². The van der Waals surface area contributed by atoms with E-state index in [1.165, 1.54) is 0 Å². The number of carbonyl (C=O) groups is 11. The van der Waals surface area contributed by atoms with Gasteiger partial charge in [-0.05, 0) is 64.8 Å². The molecule has 31 heteroatoms. The number of carbonyl (C=O) groups excluding carboxylic acids is 9. The van der Waals surface area contributed by atoms with Gasteiger partial charge in [0.2, 0.25) is 53.2 Å². The van der Waals surface area contributed by atoms with Crippen LogP contribution in [0.5, 0.6) is 0 Å². The molecule has 0 radical (unpaired) electrons. The first-order valence-electron chi connectivity index (χ1n) is 22.1. The van der Waals surface area contributed by atoms with Crippen LogP contribution in [0.3, 0.4) is 0 Å². The number of hydrogen-bond acceptors (Lipinski definition) is 18. The van der Waals surface area contributed by atoms with Gasteiger partial charge in [-0.25, -0.2) is 4.79 Å². The van der Waals surface area contributed by atoms with Gasteiger partial charge in [0.25, 0.3) is 0 Å². The van der Waals surface area contributed by atoms with Crippen molar-refractivity contribution < 1.29 is 73.2 Å². The van der Waals surface area contributed by atoms with Gasteiger partial charge in [-0.15, -0.1) is 0 Å². The summed E-state index contributed by atoms with van der Waals surface area (Å²) in [6.07, 6.45) is -3.28. The number of aliphatic imine (C=N–C) groups is 1. The van der Waals surface area contributed by atoms with Crippen molar-refractivity contribution in [3.63, 3.8) is 0 Å². The lowest BCUT2D eigenvalue weighted by Crippen LogP contribution is -2.61. The van der Waals surface area contributed by atoms with E-state index in [-0.39, 0.29) is 75.6 Å². The molecular formula is C39H68N14O15S2. The molecule has 1 fully saturated rings. The van der Waals surface area contributed by atoms with Gasteiger partial charge in [0, 0.05) is 31.0 Å². The highest BCUT2D eigenvalue weighted by molar-refractivity contribution is 7.80. The van der Waals surface area contributed by atoms with E-state index in [1.54, 1.807) is 0 Å². The zero-order chi connectivity index (χ0) is 53.2. The van der Waals surface area contributed by atoms with Crippen molar-refractivity contribution in [2.24, 2.45) is 33.7 Å². The third kappa shape index (κ3) is 21.7. The summed E-state index contributed by atoms with van der Waals surface area (Å²) in [4.78, 5) is 148. The van der Waals surface area contributed by atoms with Gasteiger partial charge in [-0.1, -0.05) is 0 Å². The number of aliphatic hydroxyl groups is 2. The summed E-state index contributed by atoms with van der Waals surface area (Å²) in [5.74, 6) is -12.8. The normalized spacial score (nSPS) is 17.0. The van der Waals surface area contributed by atoms with Crippen LogP contribution in [0.15, 0.2) is 4.99 Å². The number of guanidine groups is 1. The lowest BCUT2D eigenvalue weighted by Gasteiger charge is -2.30. The molecule has 0 aromatic heterocycles. The Hall–Kier alpha value is -6.02. The fourth-order valence-corrected chi connectivity index (χ4v) is 7.14. The van der Waals surface area contributed by atoms with Gasteiger partial charge < -0.3 is 91.2 Å². The molecule has 0 spiro atoms. The van der Waals surface area contributed by atoms with E-state index < -0.39 is 151 Å². The zero-order valence-corrected chi connectivity index (χ0v) is 40.3. The Morgan fingerprint density at radius 3 is 1.70 bits per heavy atom. The Bertz CT molecular complexity index is 1880. The third-order valence-corrected chi connectivity index (χ3v) is 11.3. The van der Waals surface area contributed by atoms with Gasteiger partial charge in [0.15, 0.2) is 5.96 Å². The number of carboxylic acids is 2. The second-order valence-electron chi connectivity index (χ2n) is 16.1. The number of nitrogens with one attached hydrogen (secondary N) is 7. The molecule has 0 aromatic carbocycles. The number of nitrogens with zero attached hydrogens (tertiary/aromatic N) is 2. The molecule has 21 N–H and O–H groups in total. The Morgan fingerprint density at radius 1 is 0.686 bits per heavy atom. The van der Waals surface area contributed by atoms with Crippen molar-refractivity contribution in [2.75, 3.05) is 37.7 Å². The van der Waals surface area contributed by atoms with E-state index in [2.05, 4.69) is 67.5 Å². The van der Waals surface area contributed by atoms with Crippen LogP contribution in [0, 0.1) is 0 Å². The molecule has 0 saturated carbocycles. The number of amides is 9.